The Morgan fingerprint density at radius 1 is 0.287 bits per heavy atom. The summed E-state index contributed by atoms with van der Waals surface area (Å²) >= 11 is 0. The summed E-state index contributed by atoms with van der Waals surface area (Å²) in [6.45, 7) is -13.7. The summed E-state index contributed by atoms with van der Waals surface area (Å²) in [7, 11) is 0. The Labute approximate surface area is 843 Å². The van der Waals surface area contributed by atoms with Gasteiger partial charge in [0, 0.05) is 59.8 Å². The van der Waals surface area contributed by atoms with Crippen LogP contribution in [-0.2, 0) is 133 Å². The first-order chi connectivity index (χ1) is 70.3. The number of carboxylic acids is 5. The Bertz CT molecular complexity index is 4490. The molecular weight excluding hydrogens is 2060 g/mol. The van der Waals surface area contributed by atoms with E-state index in [0.717, 1.165) is 20.8 Å². The number of hydrogen-bond donors (Lipinski definition) is 41. The van der Waals surface area contributed by atoms with Gasteiger partial charge in [0.25, 0.3) is 28.9 Å². The highest BCUT2D eigenvalue weighted by molar-refractivity contribution is 5.81. The van der Waals surface area contributed by atoms with Gasteiger partial charge in [-0.25, -0.2) is 24.0 Å². The van der Waals surface area contributed by atoms with Crippen molar-refractivity contribution in [3.8, 4) is 0 Å². The SMILES string of the molecule is CC(=O)N[C@H]1[C@H](O[C@@H]2[C@H](O[C@]3(C(=O)O)C[C@H](O)[C@@H](NC(=O)CO)[C@H]([C@H](O)[C@@H](CO)O[C@]4(C(=O)O)C[C@H](O)[C@@H](NC(=O)CO)[C@H]([C@H](O)[C@@H](CO)O[C@]5(C(=O)O)C[C@H](O)[C@@H](NC(C)=O)[C@H]([C@H](O)[C@H](O)CO)O5)O4)O3)[C@@H](O)[C@H](O[C@H]3[C@H](O)[C@@H](O)[C@H](O)O[C@@H]3CO)O[C@@H]2CO)O[C@H](CO)[C@H](O)[C@@H]1O[C@@H]1O[C@H](CO)[C@H](O)[C@H](O[C@]2(C(=O)O)C[C@H](O)[C@@H](NC(C)=O)[C@H]([C@H](O)[C@@H](CO)O[C@]3(C(=O)O)C[C@H](O)[C@@H](NC(C)=O)[C@H]([C@H](O)[C@H](O)CO)O3)O2)[C@H]1O. The summed E-state index contributed by atoms with van der Waals surface area (Å²) in [5, 5.41) is 407. The minimum Gasteiger partial charge on any atom is -0.477 e. The minimum absolute atomic E-state index is 0.708. The van der Waals surface area contributed by atoms with Crippen molar-refractivity contribution < 1.29 is 312 Å². The molecule has 0 aromatic rings. The zero-order valence-electron chi connectivity index (χ0n) is 79.4. The number of hydrogen-bond acceptors (Lipinski definition) is 58. The van der Waals surface area contributed by atoms with Crippen molar-refractivity contribution in [1.82, 2.24) is 31.9 Å². The van der Waals surface area contributed by atoms with Gasteiger partial charge >= 0.3 is 29.8 Å². The highest BCUT2D eigenvalue weighted by Gasteiger charge is 2.69. The molecule has 862 valence electrons. The highest BCUT2D eigenvalue weighted by atomic mass is 16.8. The topological polar surface area (TPSA) is 1120 Å². The van der Waals surface area contributed by atoms with Crippen LogP contribution < -0.4 is 31.9 Å². The van der Waals surface area contributed by atoms with E-state index in [1.165, 1.54) is 0 Å². The average Bonchev–Trinajstić information content (AvgIpc) is 0.744. The maximum Gasteiger partial charge on any atom is 0.364 e. The zero-order valence-corrected chi connectivity index (χ0v) is 79.4. The Balaban J connectivity index is 1.10. The van der Waals surface area contributed by atoms with Gasteiger partial charge in [-0.15, -0.1) is 0 Å². The minimum atomic E-state index is -4.04. The van der Waals surface area contributed by atoms with E-state index in [1.54, 1.807) is 0 Å². The van der Waals surface area contributed by atoms with Crippen LogP contribution in [0.4, 0.5) is 0 Å². The molecule has 69 nitrogen and oxygen atoms in total. The quantitative estimate of drug-likeness (QED) is 0.0269. The molecule has 41 N–H and O–H groups in total. The number of aliphatic hydroxyl groups is 30. The molecule has 9 aliphatic rings. The molecule has 9 heterocycles. The molecule has 0 aromatic carbocycles. The van der Waals surface area contributed by atoms with Crippen molar-refractivity contribution in [2.75, 3.05) is 72.7 Å². The van der Waals surface area contributed by atoms with Crippen LogP contribution in [0.5, 0.6) is 0 Å². The lowest BCUT2D eigenvalue weighted by molar-refractivity contribution is -0.405. The van der Waals surface area contributed by atoms with Gasteiger partial charge in [0.2, 0.25) is 35.4 Å². The number of nitrogens with one attached hydrogen (secondary N) is 6. The monoisotopic (exact) mass is 2190 g/mol. The molecule has 6 amide bonds. The summed E-state index contributed by atoms with van der Waals surface area (Å²) in [5.74, 6) is -38.4. The number of aliphatic carboxylic acids is 5. The lowest BCUT2D eigenvalue weighted by Crippen LogP contribution is -2.73. The zero-order chi connectivity index (χ0) is 112. The van der Waals surface area contributed by atoms with Crippen LogP contribution in [0, 0.1) is 0 Å². The number of amides is 6. The molecule has 0 bridgehead atoms. The number of rotatable bonds is 48. The number of carbonyl (C=O) groups excluding carboxylic acids is 6. The molecule has 9 fully saturated rings. The summed E-state index contributed by atoms with van der Waals surface area (Å²) in [6.07, 6.45) is -109. The number of aliphatic hydroxyl groups excluding tert-OH is 30. The Kier molecular flexibility index (Phi) is 44.3. The second kappa shape index (κ2) is 52.9. The molecule has 69 heteroatoms. The highest BCUT2D eigenvalue weighted by Crippen LogP contribution is 2.47. The van der Waals surface area contributed by atoms with Gasteiger partial charge in [0.05, 0.1) is 120 Å². The van der Waals surface area contributed by atoms with Crippen LogP contribution in [0.25, 0.3) is 0 Å². The normalized spacial score (nSPS) is 41.5. The molecule has 50 atom stereocenters. The first kappa shape index (κ1) is 126. The largest absolute Gasteiger partial charge is 0.477 e. The lowest BCUT2D eigenvalue weighted by atomic mass is 9.86. The summed E-state index contributed by atoms with van der Waals surface area (Å²) < 4.78 is 99.0. The number of ether oxygens (including phenoxy) is 17. The standard InChI is InChI=1S/C81H130N6O63/c1-21(99)82-41-25(103)5-77(72(124)125,144-61(41)47(112)30(108)10-88)141-34(14-92)51(116)63-43(84-23(3)101)27(105)8-80(147-63,75(130)131)149-66-50(115)33(13-91)136-70(56(66)121)140-60-46(85-24(4)102)69(135-32(12-90)49(60)114)139-59-38(18-96)137-71(138-58-37(17-95)134-68(123)55(120)54(58)119)57(122)67(59)150-81(76(132)133)9-29(107)45(87-40(111)20-98)65(148-81)53(118)36(16-94)143-79(74(128)129)7-28(106)44(86-39(110)19-97)64(146-79)52(117)35(15-93)142-78(73(126)127)6-26(104)42(83-22(2)100)62(145-78)48(113)31(109)11-89/h25-38,41-71,88-98,103-109,112-123H,5-20H2,1-4H3,(H,82,99)(H,83,100)(H,84,101)(H,85,102)(H,86,110)(H,87,111)(H,124,125)(H,126,127)(H,128,129)(H,130,131)(H,132,133)/t25-,26-,27-,28-,29-,30+,31+,32+,33+,34+,35+,36+,37+,38+,41+,42+,43+,44+,45+,46+,47+,48+,49-,50-,51+,52+,53+,54+,55+,56+,57+,58+,59-,60+,61+,62+,63+,64+,65+,66-,67+,68+,69-,70-,71-,77+,78+,79+,80-,81-/m0/s1. The van der Waals surface area contributed by atoms with Crippen molar-refractivity contribution in [3.05, 3.63) is 0 Å². The Hall–Kier alpha value is -7.71. The van der Waals surface area contributed by atoms with Crippen LogP contribution in [0.3, 0.4) is 0 Å². The fourth-order valence-corrected chi connectivity index (χ4v) is 18.9. The smallest absolute Gasteiger partial charge is 0.364 e. The van der Waals surface area contributed by atoms with E-state index in [2.05, 4.69) is 21.3 Å². The first-order valence-electron chi connectivity index (χ1n) is 46.1. The third kappa shape index (κ3) is 27.4. The molecule has 0 aromatic heterocycles. The van der Waals surface area contributed by atoms with Crippen molar-refractivity contribution in [2.45, 2.75) is 364 Å². The van der Waals surface area contributed by atoms with Gasteiger partial charge in [0.15, 0.2) is 25.2 Å². The van der Waals surface area contributed by atoms with Gasteiger partial charge < -0.3 is 291 Å². The maximum absolute atomic E-state index is 14.6. The summed E-state index contributed by atoms with van der Waals surface area (Å²) in [6, 6.07) is -13.3. The van der Waals surface area contributed by atoms with Gasteiger partial charge in [0.1, 0.15) is 202 Å². The fraction of sp³-hybridized carbons (Fsp3) is 0.864. The van der Waals surface area contributed by atoms with Crippen LogP contribution in [0.15, 0.2) is 0 Å². The van der Waals surface area contributed by atoms with Crippen molar-refractivity contribution >= 4 is 65.3 Å². The van der Waals surface area contributed by atoms with Crippen molar-refractivity contribution in [2.24, 2.45) is 0 Å². The molecule has 9 saturated heterocycles. The molecule has 0 unspecified atom stereocenters. The van der Waals surface area contributed by atoms with E-state index in [0.29, 0.717) is 6.92 Å². The van der Waals surface area contributed by atoms with Gasteiger partial charge in [-0.2, -0.15) is 0 Å². The molecule has 0 radical (unpaired) electrons. The van der Waals surface area contributed by atoms with E-state index >= 15 is 0 Å². The molecule has 0 spiro atoms. The average molecular weight is 2200 g/mol. The molecule has 9 rings (SSSR count). The van der Waals surface area contributed by atoms with Gasteiger partial charge in [-0.3, -0.25) is 28.8 Å². The Morgan fingerprint density at radius 3 is 0.867 bits per heavy atom. The van der Waals surface area contributed by atoms with Crippen LogP contribution in [-0.4, -0.2) is 621 Å². The van der Waals surface area contributed by atoms with Crippen LogP contribution in [0.1, 0.15) is 59.8 Å². The molecule has 9 aliphatic heterocycles. The predicted octanol–water partition coefficient (Wildman–Crippen LogP) is -25.8. The molecular formula is C81H130N6O63. The van der Waals surface area contributed by atoms with E-state index in [-0.39, 0.29) is 0 Å². The second-order valence-electron chi connectivity index (χ2n) is 36.8. The van der Waals surface area contributed by atoms with Crippen LogP contribution >= 0.6 is 0 Å². The van der Waals surface area contributed by atoms with E-state index in [1.807, 2.05) is 10.6 Å². The molecule has 0 saturated carbocycles. The van der Waals surface area contributed by atoms with Crippen molar-refractivity contribution in [1.29, 1.82) is 0 Å². The second-order valence-corrected chi connectivity index (χ2v) is 36.8. The predicted molar refractivity (Wildman–Crippen MR) is 455 cm³/mol. The Morgan fingerprint density at radius 2 is 0.553 bits per heavy atom. The fourth-order valence-electron chi connectivity index (χ4n) is 18.9. The number of carbonyl (C=O) groups is 11. The first-order valence-corrected chi connectivity index (χ1v) is 46.1. The van der Waals surface area contributed by atoms with Gasteiger partial charge in [-0.1, -0.05) is 0 Å². The summed E-state index contributed by atoms with van der Waals surface area (Å²) in [4.78, 5) is 147. The maximum atomic E-state index is 14.6. The summed E-state index contributed by atoms with van der Waals surface area (Å²) in [5.41, 5.74) is 0. The third-order valence-electron chi connectivity index (χ3n) is 26.3. The van der Waals surface area contributed by atoms with E-state index in [9.17, 15) is 231 Å². The molecule has 0 aliphatic carbocycles. The van der Waals surface area contributed by atoms with Crippen LogP contribution in [0.2, 0.25) is 0 Å². The lowest BCUT2D eigenvalue weighted by Gasteiger charge is -2.53. The van der Waals surface area contributed by atoms with E-state index < -0.39 is 474 Å². The molecule has 150 heavy (non-hydrogen) atoms. The van der Waals surface area contributed by atoms with Crippen molar-refractivity contribution in [3.63, 3.8) is 0 Å². The van der Waals surface area contributed by atoms with E-state index in [4.69, 9.17) is 80.5 Å². The third-order valence-corrected chi connectivity index (χ3v) is 26.3. The van der Waals surface area contributed by atoms with Gasteiger partial charge in [-0.05, 0) is 0 Å². The number of carboxylic acid groups (broad SMARTS) is 5.